The van der Waals surface area contributed by atoms with Crippen LogP contribution in [0.25, 0.3) is 0 Å². The molecule has 0 unspecified atom stereocenters. The molecule has 0 saturated heterocycles. The van der Waals surface area contributed by atoms with Gasteiger partial charge in [-0.25, -0.2) is 18.1 Å². The highest BCUT2D eigenvalue weighted by Crippen LogP contribution is 2.20. The maximum atomic E-state index is 12.1. The van der Waals surface area contributed by atoms with Crippen molar-refractivity contribution in [3.05, 3.63) is 64.3 Å². The topological polar surface area (TPSA) is 102 Å². The Morgan fingerprint density at radius 2 is 1.85 bits per heavy atom. The lowest BCUT2D eigenvalue weighted by atomic mass is 10.2. The number of rotatable bonds is 5. The smallest absolute Gasteiger partial charge is 0.258 e. The van der Waals surface area contributed by atoms with Gasteiger partial charge in [-0.3, -0.25) is 10.1 Å². The van der Waals surface area contributed by atoms with Crippen LogP contribution in [-0.4, -0.2) is 18.3 Å². The molecule has 1 aromatic heterocycles. The second kappa shape index (κ2) is 5.76. The third-order valence-electron chi connectivity index (χ3n) is 2.51. The summed E-state index contributed by atoms with van der Waals surface area (Å²) in [7, 11) is -4.04. The van der Waals surface area contributed by atoms with E-state index >= 15 is 0 Å². The fourth-order valence-corrected chi connectivity index (χ4v) is 2.68. The molecule has 0 aliphatic heterocycles. The van der Waals surface area contributed by atoms with Gasteiger partial charge >= 0.3 is 5.69 Å². The Morgan fingerprint density at radius 1 is 1.15 bits per heavy atom. The fourth-order valence-electron chi connectivity index (χ4n) is 1.57. The highest BCUT2D eigenvalue weighted by atomic mass is 32.2. The number of hydrogen-bond donors (Lipinski definition) is 1. The molecule has 1 aromatic carbocycles. The van der Waals surface area contributed by atoms with E-state index in [4.69, 9.17) is 0 Å². The molecule has 0 radical (unpaired) electrons. The van der Waals surface area contributed by atoms with E-state index in [9.17, 15) is 18.5 Å². The zero-order chi connectivity index (χ0) is 14.6. The van der Waals surface area contributed by atoms with Gasteiger partial charge in [0.2, 0.25) is 5.03 Å². The molecular formula is C12H11N3O4S. The van der Waals surface area contributed by atoms with Crippen molar-refractivity contribution in [2.24, 2.45) is 0 Å². The average Bonchev–Trinajstić information content (AvgIpc) is 2.46. The van der Waals surface area contributed by atoms with Crippen LogP contribution in [0.2, 0.25) is 0 Å². The Bertz CT molecular complexity index is 716. The summed E-state index contributed by atoms with van der Waals surface area (Å²) in [4.78, 5) is 13.6. The number of nitrogens with zero attached hydrogens (tertiary/aromatic N) is 2. The minimum atomic E-state index is -4.04. The monoisotopic (exact) mass is 293 g/mol. The fraction of sp³-hybridized carbons (Fsp3) is 0.0833. The number of nitro groups is 1. The molecule has 0 aliphatic carbocycles. The van der Waals surface area contributed by atoms with E-state index in [0.717, 1.165) is 11.6 Å². The second-order valence-electron chi connectivity index (χ2n) is 3.89. The Labute approximate surface area is 115 Å². The molecular weight excluding hydrogens is 282 g/mol. The van der Waals surface area contributed by atoms with Crippen LogP contribution in [0.4, 0.5) is 5.69 Å². The van der Waals surface area contributed by atoms with Gasteiger partial charge in [-0.15, -0.1) is 0 Å². The van der Waals surface area contributed by atoms with Crippen LogP contribution in [0.1, 0.15) is 5.56 Å². The van der Waals surface area contributed by atoms with Crippen molar-refractivity contribution in [1.29, 1.82) is 0 Å². The van der Waals surface area contributed by atoms with Crippen LogP contribution in [0.5, 0.6) is 0 Å². The van der Waals surface area contributed by atoms with E-state index in [0.29, 0.717) is 0 Å². The molecule has 0 bridgehead atoms. The Hall–Kier alpha value is -2.32. The molecule has 2 rings (SSSR count). The molecule has 0 atom stereocenters. The van der Waals surface area contributed by atoms with E-state index < -0.39 is 25.7 Å². The van der Waals surface area contributed by atoms with Crippen molar-refractivity contribution in [3.8, 4) is 0 Å². The maximum Gasteiger partial charge on any atom is 0.308 e. The summed E-state index contributed by atoms with van der Waals surface area (Å²) in [6.07, 6.45) is 1.20. The predicted octanol–water partition coefficient (Wildman–Crippen LogP) is 1.47. The first kappa shape index (κ1) is 14.1. The van der Waals surface area contributed by atoms with Gasteiger partial charge < -0.3 is 0 Å². The first-order chi connectivity index (χ1) is 9.50. The number of nitrogens with one attached hydrogen (secondary N) is 1. The van der Waals surface area contributed by atoms with Crippen molar-refractivity contribution in [2.75, 3.05) is 0 Å². The van der Waals surface area contributed by atoms with Gasteiger partial charge in [0, 0.05) is 18.8 Å². The van der Waals surface area contributed by atoms with Crippen LogP contribution in [0.15, 0.2) is 53.7 Å². The van der Waals surface area contributed by atoms with Gasteiger partial charge in [-0.1, -0.05) is 30.3 Å². The number of benzene rings is 1. The SMILES string of the molecule is O=[N+]([O-])c1cccnc1S(=O)(=O)NCc1ccccc1. The molecule has 0 aliphatic rings. The number of hydrogen-bond acceptors (Lipinski definition) is 5. The lowest BCUT2D eigenvalue weighted by Gasteiger charge is -2.06. The predicted molar refractivity (Wildman–Crippen MR) is 71.4 cm³/mol. The molecule has 2 aromatic rings. The Balaban J connectivity index is 2.25. The summed E-state index contributed by atoms with van der Waals surface area (Å²) in [6.45, 7) is 0.0386. The zero-order valence-electron chi connectivity index (χ0n) is 10.3. The van der Waals surface area contributed by atoms with Gasteiger partial charge in [0.1, 0.15) is 0 Å². The van der Waals surface area contributed by atoms with Crippen LogP contribution in [0.3, 0.4) is 0 Å². The molecule has 0 saturated carbocycles. The summed E-state index contributed by atoms with van der Waals surface area (Å²) in [5, 5.41) is 10.2. The Morgan fingerprint density at radius 3 is 2.50 bits per heavy atom. The minimum absolute atomic E-state index is 0.0386. The molecule has 104 valence electrons. The minimum Gasteiger partial charge on any atom is -0.258 e. The molecule has 1 heterocycles. The van der Waals surface area contributed by atoms with Crippen LogP contribution < -0.4 is 4.72 Å². The van der Waals surface area contributed by atoms with Crippen molar-refractivity contribution in [3.63, 3.8) is 0 Å². The van der Waals surface area contributed by atoms with E-state index in [1.165, 1.54) is 12.3 Å². The molecule has 0 fully saturated rings. The van der Waals surface area contributed by atoms with Crippen molar-refractivity contribution in [2.45, 2.75) is 11.6 Å². The summed E-state index contributed by atoms with van der Waals surface area (Å²) < 4.78 is 26.4. The third-order valence-corrected chi connectivity index (χ3v) is 3.86. The van der Waals surface area contributed by atoms with Crippen molar-refractivity contribution in [1.82, 2.24) is 9.71 Å². The molecule has 0 amide bonds. The van der Waals surface area contributed by atoms with Gasteiger partial charge in [-0.05, 0) is 11.6 Å². The quantitative estimate of drug-likeness (QED) is 0.664. The first-order valence-corrected chi connectivity index (χ1v) is 7.12. The first-order valence-electron chi connectivity index (χ1n) is 5.64. The number of sulfonamides is 1. The van der Waals surface area contributed by atoms with Crippen molar-refractivity contribution >= 4 is 15.7 Å². The van der Waals surface area contributed by atoms with Crippen LogP contribution >= 0.6 is 0 Å². The molecule has 20 heavy (non-hydrogen) atoms. The maximum absolute atomic E-state index is 12.1. The Kier molecular flexibility index (Phi) is 4.06. The van der Waals surface area contributed by atoms with Gasteiger partial charge in [0.15, 0.2) is 0 Å². The van der Waals surface area contributed by atoms with Crippen LogP contribution in [-0.2, 0) is 16.6 Å². The normalized spacial score (nSPS) is 11.2. The van der Waals surface area contributed by atoms with E-state index in [1.807, 2.05) is 6.07 Å². The highest BCUT2D eigenvalue weighted by molar-refractivity contribution is 7.89. The van der Waals surface area contributed by atoms with Gasteiger partial charge in [0.05, 0.1) is 4.92 Å². The molecule has 0 spiro atoms. The summed E-state index contributed by atoms with van der Waals surface area (Å²) in [5.74, 6) is 0. The van der Waals surface area contributed by atoms with E-state index in [2.05, 4.69) is 9.71 Å². The lowest BCUT2D eigenvalue weighted by Crippen LogP contribution is -2.25. The van der Waals surface area contributed by atoms with Crippen LogP contribution in [0, 0.1) is 10.1 Å². The average molecular weight is 293 g/mol. The zero-order valence-corrected chi connectivity index (χ0v) is 11.1. The number of pyridine rings is 1. The second-order valence-corrected chi connectivity index (χ2v) is 5.58. The van der Waals surface area contributed by atoms with Crippen molar-refractivity contribution < 1.29 is 13.3 Å². The molecule has 8 heteroatoms. The largest absolute Gasteiger partial charge is 0.308 e. The van der Waals surface area contributed by atoms with E-state index in [1.54, 1.807) is 24.3 Å². The highest BCUT2D eigenvalue weighted by Gasteiger charge is 2.26. The number of aromatic nitrogens is 1. The van der Waals surface area contributed by atoms with Gasteiger partial charge in [-0.2, -0.15) is 0 Å². The van der Waals surface area contributed by atoms with Gasteiger partial charge in [0.25, 0.3) is 10.0 Å². The third kappa shape index (κ3) is 3.16. The summed E-state index contributed by atoms with van der Waals surface area (Å²) in [5.41, 5.74) is 0.197. The molecule has 1 N–H and O–H groups in total. The summed E-state index contributed by atoms with van der Waals surface area (Å²) >= 11 is 0. The molecule has 7 nitrogen and oxygen atoms in total. The summed E-state index contributed by atoms with van der Waals surface area (Å²) in [6, 6.07) is 11.3. The van der Waals surface area contributed by atoms with E-state index in [-0.39, 0.29) is 6.54 Å². The lowest BCUT2D eigenvalue weighted by molar-refractivity contribution is -0.388. The standard InChI is InChI=1S/C12H11N3O4S/c16-15(17)11-7-4-8-13-12(11)20(18,19)14-9-10-5-2-1-3-6-10/h1-8,14H,9H2.